The van der Waals surface area contributed by atoms with Gasteiger partial charge in [0.25, 0.3) is 5.22 Å². The van der Waals surface area contributed by atoms with Crippen LogP contribution in [0, 0.1) is 0 Å². The van der Waals surface area contributed by atoms with Crippen molar-refractivity contribution in [3.8, 4) is 11.5 Å². The van der Waals surface area contributed by atoms with Crippen LogP contribution in [0.3, 0.4) is 0 Å². The molecule has 3 aromatic heterocycles. The third kappa shape index (κ3) is 4.17. The molecule has 0 radical (unpaired) electrons. The highest BCUT2D eigenvalue weighted by molar-refractivity contribution is 8.00. The zero-order valence-electron chi connectivity index (χ0n) is 12.3. The Hall–Kier alpha value is -2.19. The van der Waals surface area contributed by atoms with Crippen molar-refractivity contribution in [1.82, 2.24) is 20.5 Å². The van der Waals surface area contributed by atoms with Gasteiger partial charge in [0, 0.05) is 17.3 Å². The van der Waals surface area contributed by atoms with Gasteiger partial charge in [0.05, 0.1) is 17.4 Å². The van der Waals surface area contributed by atoms with Crippen molar-refractivity contribution in [1.29, 1.82) is 0 Å². The monoisotopic (exact) mass is 346 g/mol. The Bertz CT molecular complexity index is 759. The summed E-state index contributed by atoms with van der Waals surface area (Å²) in [5.74, 6) is 0.330. The van der Waals surface area contributed by atoms with Crippen LogP contribution in [-0.2, 0) is 11.3 Å². The normalized spacial score (nSPS) is 12.0. The van der Waals surface area contributed by atoms with E-state index in [9.17, 15) is 4.79 Å². The van der Waals surface area contributed by atoms with Gasteiger partial charge in [-0.1, -0.05) is 17.8 Å². The molecule has 0 saturated carbocycles. The van der Waals surface area contributed by atoms with Crippen LogP contribution in [0.1, 0.15) is 11.8 Å². The molecule has 0 bridgehead atoms. The molecular weight excluding hydrogens is 332 g/mol. The van der Waals surface area contributed by atoms with Crippen molar-refractivity contribution in [2.75, 3.05) is 0 Å². The summed E-state index contributed by atoms with van der Waals surface area (Å²) in [7, 11) is 0. The minimum absolute atomic E-state index is 0.0653. The molecule has 0 aliphatic rings. The summed E-state index contributed by atoms with van der Waals surface area (Å²) in [5, 5.41) is 12.9. The zero-order valence-corrected chi connectivity index (χ0v) is 13.9. The topological polar surface area (TPSA) is 80.9 Å². The number of hydrogen-bond donors (Lipinski definition) is 1. The predicted octanol–water partition coefficient (Wildman–Crippen LogP) is 2.99. The molecular formula is C15H14N4O2S2. The Morgan fingerprint density at radius 3 is 3.04 bits per heavy atom. The van der Waals surface area contributed by atoms with Crippen molar-refractivity contribution in [2.24, 2.45) is 0 Å². The van der Waals surface area contributed by atoms with Crippen molar-refractivity contribution >= 4 is 29.0 Å². The highest BCUT2D eigenvalue weighted by Gasteiger charge is 2.18. The van der Waals surface area contributed by atoms with Gasteiger partial charge in [-0.15, -0.1) is 21.5 Å². The molecule has 118 valence electrons. The largest absolute Gasteiger partial charge is 0.411 e. The lowest BCUT2D eigenvalue weighted by molar-refractivity contribution is -0.120. The maximum absolute atomic E-state index is 12.1. The maximum Gasteiger partial charge on any atom is 0.277 e. The van der Waals surface area contributed by atoms with E-state index in [1.165, 1.54) is 11.8 Å². The summed E-state index contributed by atoms with van der Waals surface area (Å²) >= 11 is 2.85. The minimum atomic E-state index is -0.322. The van der Waals surface area contributed by atoms with Crippen molar-refractivity contribution in [3.63, 3.8) is 0 Å². The van der Waals surface area contributed by atoms with Crippen LogP contribution in [-0.4, -0.2) is 26.3 Å². The Balaban J connectivity index is 1.56. The Morgan fingerprint density at radius 1 is 1.39 bits per heavy atom. The van der Waals surface area contributed by atoms with Crippen LogP contribution in [0.15, 0.2) is 51.7 Å². The molecule has 0 aromatic carbocycles. The van der Waals surface area contributed by atoms with Crippen LogP contribution in [0.2, 0.25) is 0 Å². The van der Waals surface area contributed by atoms with E-state index in [2.05, 4.69) is 20.5 Å². The Kier molecular flexibility index (Phi) is 5.04. The number of thiophene rings is 1. The second kappa shape index (κ2) is 7.38. The fraction of sp³-hybridized carbons (Fsp3) is 0.200. The molecule has 1 atom stereocenters. The van der Waals surface area contributed by atoms with Gasteiger partial charge in [0.2, 0.25) is 11.8 Å². The number of pyridine rings is 1. The average molecular weight is 346 g/mol. The summed E-state index contributed by atoms with van der Waals surface area (Å²) in [5.41, 5.74) is 0.752. The van der Waals surface area contributed by atoms with E-state index in [-0.39, 0.29) is 11.2 Å². The lowest BCUT2D eigenvalue weighted by atomic mass is 10.3. The molecule has 6 nitrogen and oxygen atoms in total. The van der Waals surface area contributed by atoms with Gasteiger partial charge in [-0.25, -0.2) is 0 Å². The van der Waals surface area contributed by atoms with E-state index in [4.69, 9.17) is 4.42 Å². The van der Waals surface area contributed by atoms with Gasteiger partial charge in [-0.2, -0.15) is 0 Å². The fourth-order valence-corrected chi connectivity index (χ4v) is 3.15. The average Bonchev–Trinajstić information content (AvgIpc) is 3.25. The van der Waals surface area contributed by atoms with Crippen molar-refractivity contribution in [2.45, 2.75) is 23.9 Å². The summed E-state index contributed by atoms with van der Waals surface area (Å²) in [4.78, 5) is 17.2. The molecule has 23 heavy (non-hydrogen) atoms. The van der Waals surface area contributed by atoms with Gasteiger partial charge >= 0.3 is 0 Å². The standard InChI is InChI=1S/C15H14N4O2S2/c1-10(13(20)17-9-12-5-3-7-22-12)23-15-19-18-14(21-15)11-4-2-6-16-8-11/h2-8,10H,9H2,1H3,(H,17,20)/t10-/m0/s1. The first kappa shape index (κ1) is 15.7. The molecule has 3 rings (SSSR count). The summed E-state index contributed by atoms with van der Waals surface area (Å²) in [6.45, 7) is 2.34. The summed E-state index contributed by atoms with van der Waals surface area (Å²) in [6, 6.07) is 7.59. The third-order valence-electron chi connectivity index (χ3n) is 2.98. The number of nitrogens with zero attached hydrogens (tertiary/aromatic N) is 3. The Morgan fingerprint density at radius 2 is 2.30 bits per heavy atom. The lowest BCUT2D eigenvalue weighted by Crippen LogP contribution is -2.30. The van der Waals surface area contributed by atoms with Crippen LogP contribution in [0.4, 0.5) is 0 Å². The number of thioether (sulfide) groups is 1. The van der Waals surface area contributed by atoms with E-state index in [0.717, 1.165) is 10.4 Å². The Labute approximate surface area is 141 Å². The van der Waals surface area contributed by atoms with Gasteiger partial charge in [0.15, 0.2) is 0 Å². The quantitative estimate of drug-likeness (QED) is 0.691. The van der Waals surface area contributed by atoms with E-state index in [1.54, 1.807) is 29.8 Å². The van der Waals surface area contributed by atoms with Crippen molar-refractivity contribution < 1.29 is 9.21 Å². The molecule has 8 heteroatoms. The van der Waals surface area contributed by atoms with E-state index in [1.807, 2.05) is 30.5 Å². The highest BCUT2D eigenvalue weighted by Crippen LogP contribution is 2.25. The predicted molar refractivity (Wildman–Crippen MR) is 89.0 cm³/mol. The molecule has 0 aliphatic carbocycles. The summed E-state index contributed by atoms with van der Waals surface area (Å²) in [6.07, 6.45) is 3.33. The van der Waals surface area contributed by atoms with Gasteiger partial charge < -0.3 is 9.73 Å². The molecule has 0 unspecified atom stereocenters. The second-order valence-corrected chi connectivity index (χ2v) is 7.00. The van der Waals surface area contributed by atoms with E-state index < -0.39 is 0 Å². The molecule has 0 spiro atoms. The lowest BCUT2D eigenvalue weighted by Gasteiger charge is -2.08. The second-order valence-electron chi connectivity index (χ2n) is 4.67. The number of carbonyl (C=O) groups is 1. The third-order valence-corrected chi connectivity index (χ3v) is 4.79. The summed E-state index contributed by atoms with van der Waals surface area (Å²) < 4.78 is 5.56. The molecule has 3 aromatic rings. The first-order chi connectivity index (χ1) is 11.2. The van der Waals surface area contributed by atoms with Crippen molar-refractivity contribution in [3.05, 3.63) is 46.9 Å². The number of carbonyl (C=O) groups excluding carboxylic acids is 1. The van der Waals surface area contributed by atoms with E-state index in [0.29, 0.717) is 17.7 Å². The number of hydrogen-bond acceptors (Lipinski definition) is 7. The fourth-order valence-electron chi connectivity index (χ4n) is 1.80. The van der Waals surface area contributed by atoms with Gasteiger partial charge in [-0.05, 0) is 30.5 Å². The molecule has 3 heterocycles. The molecule has 1 amide bonds. The minimum Gasteiger partial charge on any atom is -0.411 e. The maximum atomic E-state index is 12.1. The van der Waals surface area contributed by atoms with Crippen LogP contribution in [0.5, 0.6) is 0 Å². The van der Waals surface area contributed by atoms with Crippen LogP contribution >= 0.6 is 23.1 Å². The first-order valence-corrected chi connectivity index (χ1v) is 8.69. The number of amides is 1. The molecule has 0 saturated heterocycles. The smallest absolute Gasteiger partial charge is 0.277 e. The SMILES string of the molecule is C[C@H](Sc1nnc(-c2cccnc2)o1)C(=O)NCc1cccs1. The molecule has 0 fully saturated rings. The first-order valence-electron chi connectivity index (χ1n) is 6.93. The van der Waals surface area contributed by atoms with Gasteiger partial charge in [-0.3, -0.25) is 9.78 Å². The van der Waals surface area contributed by atoms with Gasteiger partial charge in [0.1, 0.15) is 0 Å². The molecule has 1 N–H and O–H groups in total. The van der Waals surface area contributed by atoms with Crippen LogP contribution in [0.25, 0.3) is 11.5 Å². The number of aromatic nitrogens is 3. The van der Waals surface area contributed by atoms with Crippen LogP contribution < -0.4 is 5.32 Å². The molecule has 0 aliphatic heterocycles. The highest BCUT2D eigenvalue weighted by atomic mass is 32.2. The van der Waals surface area contributed by atoms with E-state index >= 15 is 0 Å². The zero-order chi connectivity index (χ0) is 16.1. The number of rotatable bonds is 6. The number of nitrogens with one attached hydrogen (secondary N) is 1.